The average Bonchev–Trinajstić information content (AvgIpc) is 2.65. The van der Waals surface area contributed by atoms with E-state index in [1.807, 2.05) is 12.2 Å². The molecular weight excluding hydrogens is 372 g/mol. The number of amides is 3. The van der Waals surface area contributed by atoms with E-state index in [4.69, 9.17) is 15.9 Å². The third kappa shape index (κ3) is 7.79. The molecule has 162 valence electrons. The topological polar surface area (TPSA) is 191 Å². The molecule has 0 aliphatic carbocycles. The highest BCUT2D eigenvalue weighted by molar-refractivity contribution is 5.94. The molecule has 5 atom stereocenters. The van der Waals surface area contributed by atoms with Crippen molar-refractivity contribution in [1.29, 1.82) is 0 Å². The van der Waals surface area contributed by atoms with E-state index >= 15 is 0 Å². The Morgan fingerprint density at radius 2 is 1.36 bits per heavy atom. The smallest absolute Gasteiger partial charge is 0.328 e. The number of carboxylic acid groups (broad SMARTS) is 1. The summed E-state index contributed by atoms with van der Waals surface area (Å²) in [6.07, 6.45) is 0.676. The van der Waals surface area contributed by atoms with Crippen LogP contribution in [0.15, 0.2) is 0 Å². The molecule has 11 nitrogen and oxygen atoms in total. The summed E-state index contributed by atoms with van der Waals surface area (Å²) < 4.78 is 0. The molecule has 5 unspecified atom stereocenters. The van der Waals surface area contributed by atoms with Crippen molar-refractivity contribution in [3.05, 3.63) is 0 Å². The third-order valence-electron chi connectivity index (χ3n) is 4.42. The van der Waals surface area contributed by atoms with Gasteiger partial charge in [-0.25, -0.2) is 4.79 Å². The van der Waals surface area contributed by atoms with E-state index in [1.54, 1.807) is 20.8 Å². The minimum absolute atomic E-state index is 0.0988. The fourth-order valence-electron chi connectivity index (χ4n) is 2.21. The number of carbonyl (C=O) groups is 4. The Kier molecular flexibility index (Phi) is 11.3. The van der Waals surface area contributed by atoms with Gasteiger partial charge in [-0.15, -0.1) is 0 Å². The molecule has 0 aromatic carbocycles. The van der Waals surface area contributed by atoms with Crippen LogP contribution in [0.3, 0.4) is 0 Å². The van der Waals surface area contributed by atoms with E-state index < -0.39 is 61.1 Å². The van der Waals surface area contributed by atoms with Gasteiger partial charge < -0.3 is 37.0 Å². The predicted octanol–water partition coefficient (Wildman–Crippen LogP) is -2.46. The summed E-state index contributed by atoms with van der Waals surface area (Å²) >= 11 is 0. The van der Waals surface area contributed by atoms with Gasteiger partial charge in [0.1, 0.15) is 18.1 Å². The Bertz CT molecular complexity index is 556. The molecule has 0 fully saturated rings. The van der Waals surface area contributed by atoms with Gasteiger partial charge in [0.05, 0.1) is 19.3 Å². The second kappa shape index (κ2) is 12.3. The zero-order valence-corrected chi connectivity index (χ0v) is 16.6. The fourth-order valence-corrected chi connectivity index (χ4v) is 2.21. The van der Waals surface area contributed by atoms with Crippen LogP contribution < -0.4 is 21.7 Å². The first kappa shape index (κ1) is 25.8. The van der Waals surface area contributed by atoms with Crippen LogP contribution >= 0.6 is 0 Å². The van der Waals surface area contributed by atoms with Crippen LogP contribution in [-0.4, -0.2) is 76.4 Å². The second-order valence-electron chi connectivity index (χ2n) is 6.97. The van der Waals surface area contributed by atoms with Crippen LogP contribution in [0.1, 0.15) is 34.1 Å². The third-order valence-corrected chi connectivity index (χ3v) is 4.42. The van der Waals surface area contributed by atoms with Crippen molar-refractivity contribution in [3.63, 3.8) is 0 Å². The highest BCUT2D eigenvalue weighted by Crippen LogP contribution is 2.08. The van der Waals surface area contributed by atoms with Gasteiger partial charge in [0, 0.05) is 0 Å². The molecule has 11 heteroatoms. The first-order valence-corrected chi connectivity index (χ1v) is 9.11. The number of hydrogen-bond acceptors (Lipinski definition) is 7. The van der Waals surface area contributed by atoms with Crippen molar-refractivity contribution in [3.8, 4) is 0 Å². The summed E-state index contributed by atoms with van der Waals surface area (Å²) in [5.41, 5.74) is 5.87. The number of nitrogens with two attached hydrogens (primary N) is 1. The van der Waals surface area contributed by atoms with Crippen molar-refractivity contribution in [2.24, 2.45) is 17.6 Å². The van der Waals surface area contributed by atoms with Gasteiger partial charge in [0.15, 0.2) is 0 Å². The Morgan fingerprint density at radius 1 is 0.857 bits per heavy atom. The van der Waals surface area contributed by atoms with Crippen molar-refractivity contribution in [1.82, 2.24) is 16.0 Å². The lowest BCUT2D eigenvalue weighted by Crippen LogP contribution is -2.60. The minimum atomic E-state index is -1.58. The van der Waals surface area contributed by atoms with Crippen LogP contribution in [0.5, 0.6) is 0 Å². The molecule has 0 bridgehead atoms. The zero-order chi connectivity index (χ0) is 22.0. The first-order chi connectivity index (χ1) is 13.0. The van der Waals surface area contributed by atoms with Crippen molar-refractivity contribution >= 4 is 23.7 Å². The van der Waals surface area contributed by atoms with E-state index in [2.05, 4.69) is 10.6 Å². The van der Waals surface area contributed by atoms with E-state index in [0.29, 0.717) is 6.42 Å². The molecule has 8 N–H and O–H groups in total. The number of aliphatic hydroxyl groups is 2. The van der Waals surface area contributed by atoms with Crippen LogP contribution in [0.2, 0.25) is 0 Å². The van der Waals surface area contributed by atoms with Crippen molar-refractivity contribution in [2.45, 2.75) is 58.3 Å². The lowest BCUT2D eigenvalue weighted by atomic mass is 9.97. The molecule has 0 aromatic rings. The molecule has 0 saturated carbocycles. The molecule has 0 heterocycles. The number of nitrogens with one attached hydrogen (secondary N) is 3. The lowest BCUT2D eigenvalue weighted by molar-refractivity contribution is -0.143. The van der Waals surface area contributed by atoms with E-state index in [1.165, 1.54) is 0 Å². The number of aliphatic hydroxyl groups excluding tert-OH is 2. The van der Waals surface area contributed by atoms with E-state index in [9.17, 15) is 24.3 Å². The van der Waals surface area contributed by atoms with E-state index in [0.717, 1.165) is 0 Å². The molecule has 0 aliphatic heterocycles. The van der Waals surface area contributed by atoms with E-state index in [-0.39, 0.29) is 11.8 Å². The molecule has 0 aromatic heterocycles. The summed E-state index contributed by atoms with van der Waals surface area (Å²) in [6, 6.07) is -4.86. The predicted molar refractivity (Wildman–Crippen MR) is 99.9 cm³/mol. The van der Waals surface area contributed by atoms with Gasteiger partial charge in [-0.3, -0.25) is 14.4 Å². The summed E-state index contributed by atoms with van der Waals surface area (Å²) in [7, 11) is 0. The summed E-state index contributed by atoms with van der Waals surface area (Å²) in [6.45, 7) is 5.39. The maximum Gasteiger partial charge on any atom is 0.328 e. The standard InChI is InChI=1S/C17H32N4O7/c1-5-9(4)12(18)15(25)21-13(8(2)3)16(26)19-10(6-22)14(24)20-11(7-23)17(27)28/h8-13,22-23H,5-7,18H2,1-4H3,(H,19,26)(H,20,24)(H,21,25)(H,27,28). The largest absolute Gasteiger partial charge is 0.480 e. The molecule has 3 amide bonds. The maximum absolute atomic E-state index is 12.5. The molecule has 0 radical (unpaired) electrons. The van der Waals surface area contributed by atoms with Gasteiger partial charge in [0.2, 0.25) is 17.7 Å². The number of rotatable bonds is 12. The Labute approximate surface area is 164 Å². The molecule has 28 heavy (non-hydrogen) atoms. The summed E-state index contributed by atoms with van der Waals surface area (Å²) in [5, 5.41) is 34.0. The quantitative estimate of drug-likeness (QED) is 0.186. The number of carbonyl (C=O) groups excluding carboxylic acids is 3. The number of aliphatic carboxylic acids is 1. The fraction of sp³-hybridized carbons (Fsp3) is 0.765. The van der Waals surface area contributed by atoms with Crippen molar-refractivity contribution in [2.75, 3.05) is 13.2 Å². The molecule has 0 saturated heterocycles. The Hall–Kier alpha value is -2.24. The maximum atomic E-state index is 12.5. The molecule has 0 rings (SSSR count). The normalized spacial score (nSPS) is 16.4. The van der Waals surface area contributed by atoms with Crippen LogP contribution in [0.4, 0.5) is 0 Å². The first-order valence-electron chi connectivity index (χ1n) is 9.11. The monoisotopic (exact) mass is 404 g/mol. The number of carboxylic acids is 1. The van der Waals surface area contributed by atoms with Gasteiger partial charge in [-0.05, 0) is 11.8 Å². The summed E-state index contributed by atoms with van der Waals surface area (Å²) in [4.78, 5) is 47.7. The van der Waals surface area contributed by atoms with Crippen LogP contribution in [0, 0.1) is 11.8 Å². The Balaban J connectivity index is 5.12. The SMILES string of the molecule is CCC(C)C(N)C(=O)NC(C(=O)NC(CO)C(=O)NC(CO)C(=O)O)C(C)C. The van der Waals surface area contributed by atoms with Crippen LogP contribution in [-0.2, 0) is 19.2 Å². The van der Waals surface area contributed by atoms with Crippen LogP contribution in [0.25, 0.3) is 0 Å². The van der Waals surface area contributed by atoms with Gasteiger partial charge in [0.25, 0.3) is 0 Å². The second-order valence-corrected chi connectivity index (χ2v) is 6.97. The highest BCUT2D eigenvalue weighted by Gasteiger charge is 2.31. The molecule has 0 spiro atoms. The number of hydrogen-bond donors (Lipinski definition) is 7. The van der Waals surface area contributed by atoms with Gasteiger partial charge in [-0.2, -0.15) is 0 Å². The van der Waals surface area contributed by atoms with Gasteiger partial charge in [-0.1, -0.05) is 34.1 Å². The summed E-state index contributed by atoms with van der Waals surface area (Å²) in [5.74, 6) is -4.14. The molecule has 0 aliphatic rings. The lowest BCUT2D eigenvalue weighted by Gasteiger charge is -2.27. The van der Waals surface area contributed by atoms with Gasteiger partial charge >= 0.3 is 5.97 Å². The van der Waals surface area contributed by atoms with Crippen molar-refractivity contribution < 1.29 is 34.5 Å². The zero-order valence-electron chi connectivity index (χ0n) is 16.6. The Morgan fingerprint density at radius 3 is 1.75 bits per heavy atom. The molecular formula is C17H32N4O7. The minimum Gasteiger partial charge on any atom is -0.480 e. The highest BCUT2D eigenvalue weighted by atomic mass is 16.4. The average molecular weight is 404 g/mol.